The minimum Gasteiger partial charge on any atom is -0.497 e. The van der Waals surface area contributed by atoms with Crippen LogP contribution in [0.5, 0.6) is 5.75 Å². The van der Waals surface area contributed by atoms with Gasteiger partial charge in [-0.1, -0.05) is 18.2 Å². The van der Waals surface area contributed by atoms with Crippen molar-refractivity contribution in [1.82, 2.24) is 19.9 Å². The SMILES string of the molecule is COc1ccc(CN2CCCC(c3nc4ccc(-c5ccncc5)cc4[nH]3)C2)cc1. The van der Waals surface area contributed by atoms with Crippen molar-refractivity contribution in [2.45, 2.75) is 25.3 Å². The predicted molar refractivity (Wildman–Crippen MR) is 120 cm³/mol. The largest absolute Gasteiger partial charge is 0.497 e. The van der Waals surface area contributed by atoms with Crippen LogP contribution in [-0.4, -0.2) is 40.1 Å². The number of nitrogens with one attached hydrogen (secondary N) is 1. The molecule has 5 heteroatoms. The number of fused-ring (bicyclic) bond motifs is 1. The van der Waals surface area contributed by atoms with Crippen molar-refractivity contribution in [3.8, 4) is 16.9 Å². The molecule has 0 radical (unpaired) electrons. The van der Waals surface area contributed by atoms with Crippen LogP contribution in [0.4, 0.5) is 0 Å². The fourth-order valence-electron chi connectivity index (χ4n) is 4.36. The lowest BCUT2D eigenvalue weighted by molar-refractivity contribution is 0.197. The number of hydrogen-bond acceptors (Lipinski definition) is 4. The number of methoxy groups -OCH3 is 1. The first-order valence-corrected chi connectivity index (χ1v) is 10.5. The van der Waals surface area contributed by atoms with Crippen molar-refractivity contribution >= 4 is 11.0 Å². The van der Waals surface area contributed by atoms with E-state index < -0.39 is 0 Å². The van der Waals surface area contributed by atoms with Crippen molar-refractivity contribution in [2.24, 2.45) is 0 Å². The lowest BCUT2D eigenvalue weighted by Crippen LogP contribution is -2.34. The lowest BCUT2D eigenvalue weighted by atomic mass is 9.97. The van der Waals surface area contributed by atoms with E-state index in [2.05, 4.69) is 45.2 Å². The summed E-state index contributed by atoms with van der Waals surface area (Å²) in [6, 6.07) is 18.9. The van der Waals surface area contributed by atoms with Gasteiger partial charge in [0.05, 0.1) is 18.1 Å². The molecule has 1 saturated heterocycles. The predicted octanol–water partition coefficient (Wildman–Crippen LogP) is 5.01. The highest BCUT2D eigenvalue weighted by Crippen LogP contribution is 2.29. The first-order chi connectivity index (χ1) is 14.8. The van der Waals surface area contributed by atoms with Crippen LogP contribution >= 0.6 is 0 Å². The number of rotatable bonds is 5. The Morgan fingerprint density at radius 3 is 2.67 bits per heavy atom. The molecule has 1 N–H and O–H groups in total. The number of hydrogen-bond donors (Lipinski definition) is 1. The van der Waals surface area contributed by atoms with Crippen molar-refractivity contribution in [1.29, 1.82) is 0 Å². The number of likely N-dealkylation sites (tertiary alicyclic amines) is 1. The topological polar surface area (TPSA) is 54.0 Å². The zero-order valence-corrected chi connectivity index (χ0v) is 17.2. The molecule has 1 aliphatic rings. The van der Waals surface area contributed by atoms with E-state index in [0.29, 0.717) is 5.92 Å². The molecule has 1 unspecified atom stereocenters. The first-order valence-electron chi connectivity index (χ1n) is 10.5. The third-order valence-corrected chi connectivity index (χ3v) is 5.97. The Morgan fingerprint density at radius 2 is 1.87 bits per heavy atom. The summed E-state index contributed by atoms with van der Waals surface area (Å²) < 4.78 is 5.27. The Balaban J connectivity index is 1.32. The molecule has 2 aromatic heterocycles. The van der Waals surface area contributed by atoms with Crippen LogP contribution in [0.1, 0.15) is 30.1 Å². The number of benzene rings is 2. The molecule has 0 bridgehead atoms. The third-order valence-electron chi connectivity index (χ3n) is 5.97. The minimum atomic E-state index is 0.439. The molecule has 1 atom stereocenters. The second kappa shape index (κ2) is 8.28. The molecule has 0 spiro atoms. The van der Waals surface area contributed by atoms with E-state index >= 15 is 0 Å². The molecule has 30 heavy (non-hydrogen) atoms. The smallest absolute Gasteiger partial charge is 0.118 e. The van der Waals surface area contributed by atoms with Crippen LogP contribution in [0.3, 0.4) is 0 Å². The molecule has 5 rings (SSSR count). The highest BCUT2D eigenvalue weighted by Gasteiger charge is 2.24. The summed E-state index contributed by atoms with van der Waals surface area (Å²) in [5.41, 5.74) is 5.82. The van der Waals surface area contributed by atoms with Crippen molar-refractivity contribution in [3.63, 3.8) is 0 Å². The van der Waals surface area contributed by atoms with Gasteiger partial charge in [-0.05, 0) is 72.5 Å². The number of aromatic nitrogens is 3. The van der Waals surface area contributed by atoms with Gasteiger partial charge in [0, 0.05) is 31.4 Å². The average molecular weight is 399 g/mol. The molecule has 0 saturated carbocycles. The lowest BCUT2D eigenvalue weighted by Gasteiger charge is -2.31. The zero-order valence-electron chi connectivity index (χ0n) is 17.2. The second-order valence-corrected chi connectivity index (χ2v) is 8.01. The molecule has 0 aliphatic carbocycles. The van der Waals surface area contributed by atoms with Gasteiger partial charge in [0.25, 0.3) is 0 Å². The van der Waals surface area contributed by atoms with Gasteiger partial charge >= 0.3 is 0 Å². The number of imidazole rings is 1. The minimum absolute atomic E-state index is 0.439. The molecular weight excluding hydrogens is 372 g/mol. The summed E-state index contributed by atoms with van der Waals surface area (Å²) in [4.78, 5) is 15.2. The molecule has 152 valence electrons. The van der Waals surface area contributed by atoms with E-state index in [1.807, 2.05) is 36.7 Å². The molecule has 1 aliphatic heterocycles. The van der Waals surface area contributed by atoms with Gasteiger partial charge in [0.1, 0.15) is 11.6 Å². The van der Waals surface area contributed by atoms with Crippen molar-refractivity contribution in [3.05, 3.63) is 78.4 Å². The van der Waals surface area contributed by atoms with Gasteiger partial charge < -0.3 is 9.72 Å². The zero-order chi connectivity index (χ0) is 20.3. The van der Waals surface area contributed by atoms with Gasteiger partial charge in [-0.3, -0.25) is 9.88 Å². The maximum atomic E-state index is 5.27. The molecule has 0 amide bonds. The van der Waals surface area contributed by atoms with Crippen molar-refractivity contribution in [2.75, 3.05) is 20.2 Å². The van der Waals surface area contributed by atoms with Gasteiger partial charge in [-0.25, -0.2) is 4.98 Å². The molecule has 1 fully saturated rings. The highest BCUT2D eigenvalue weighted by atomic mass is 16.5. The fourth-order valence-corrected chi connectivity index (χ4v) is 4.36. The third kappa shape index (κ3) is 3.94. The van der Waals surface area contributed by atoms with Gasteiger partial charge in [0.15, 0.2) is 0 Å². The first kappa shape index (κ1) is 18.8. The summed E-state index contributed by atoms with van der Waals surface area (Å²) in [5.74, 6) is 2.45. The normalized spacial score (nSPS) is 17.3. The fraction of sp³-hybridized carbons (Fsp3) is 0.280. The summed E-state index contributed by atoms with van der Waals surface area (Å²) in [5, 5.41) is 0. The van der Waals surface area contributed by atoms with Crippen molar-refractivity contribution < 1.29 is 4.74 Å². The molecule has 5 nitrogen and oxygen atoms in total. The van der Waals surface area contributed by atoms with Gasteiger partial charge in [-0.15, -0.1) is 0 Å². The number of nitrogens with zero attached hydrogens (tertiary/aromatic N) is 3. The number of piperidine rings is 1. The van der Waals surface area contributed by atoms with Crippen LogP contribution in [0.25, 0.3) is 22.2 Å². The maximum Gasteiger partial charge on any atom is 0.118 e. The Morgan fingerprint density at radius 1 is 1.03 bits per heavy atom. The summed E-state index contributed by atoms with van der Waals surface area (Å²) in [6.07, 6.45) is 6.03. The molecule has 4 aromatic rings. The van der Waals surface area contributed by atoms with E-state index in [9.17, 15) is 0 Å². The summed E-state index contributed by atoms with van der Waals surface area (Å²) in [7, 11) is 1.71. The van der Waals surface area contributed by atoms with E-state index in [1.165, 1.54) is 29.5 Å². The second-order valence-electron chi connectivity index (χ2n) is 8.01. The van der Waals surface area contributed by atoms with E-state index in [4.69, 9.17) is 9.72 Å². The molecular formula is C25H26N4O. The summed E-state index contributed by atoms with van der Waals surface area (Å²) >= 11 is 0. The van der Waals surface area contributed by atoms with E-state index in [-0.39, 0.29) is 0 Å². The molecule has 2 aromatic carbocycles. The van der Waals surface area contributed by atoms with Gasteiger partial charge in [0.2, 0.25) is 0 Å². The van der Waals surface area contributed by atoms with Gasteiger partial charge in [-0.2, -0.15) is 0 Å². The Hall–Kier alpha value is -3.18. The highest BCUT2D eigenvalue weighted by molar-refractivity contribution is 5.82. The Bertz CT molecular complexity index is 1120. The van der Waals surface area contributed by atoms with E-state index in [1.54, 1.807) is 7.11 Å². The monoisotopic (exact) mass is 398 g/mol. The quantitative estimate of drug-likeness (QED) is 0.513. The van der Waals surface area contributed by atoms with E-state index in [0.717, 1.165) is 42.2 Å². The molecule has 3 heterocycles. The van der Waals surface area contributed by atoms with Crippen LogP contribution in [0.2, 0.25) is 0 Å². The van der Waals surface area contributed by atoms with Crippen LogP contribution < -0.4 is 4.74 Å². The van der Waals surface area contributed by atoms with Crippen LogP contribution in [0.15, 0.2) is 67.0 Å². The number of aromatic amines is 1. The van der Waals surface area contributed by atoms with Crippen LogP contribution in [0, 0.1) is 0 Å². The Kier molecular flexibility index (Phi) is 5.20. The number of H-pyrrole nitrogens is 1. The summed E-state index contributed by atoms with van der Waals surface area (Å²) in [6.45, 7) is 3.13. The Labute approximate surface area is 176 Å². The average Bonchev–Trinajstić information content (AvgIpc) is 3.24. The number of ether oxygens (including phenoxy) is 1. The number of pyridine rings is 1. The maximum absolute atomic E-state index is 5.27. The van der Waals surface area contributed by atoms with Crippen LogP contribution in [-0.2, 0) is 6.54 Å². The standard InChI is InChI=1S/C25H26N4O/c1-30-22-7-4-18(5-8-22)16-29-14-2-3-21(17-29)25-27-23-9-6-20(15-24(23)28-25)19-10-12-26-13-11-19/h4-13,15,21H,2-3,14,16-17H2,1H3,(H,27,28).